The molecule has 1 aromatic carbocycles. The van der Waals surface area contributed by atoms with Crippen LogP contribution in [0.15, 0.2) is 18.2 Å². The van der Waals surface area contributed by atoms with Crippen LogP contribution in [0.2, 0.25) is 0 Å². The Hall–Kier alpha value is -1.82. The van der Waals surface area contributed by atoms with E-state index in [4.69, 9.17) is 14.6 Å². The number of alkyl halides is 1. The molecule has 0 aromatic heterocycles. The number of rotatable bonds is 5. The molecule has 5 nitrogen and oxygen atoms in total. The molecule has 1 fully saturated rings. The van der Waals surface area contributed by atoms with E-state index in [0.29, 0.717) is 45.4 Å². The van der Waals surface area contributed by atoms with Gasteiger partial charge in [0.15, 0.2) is 11.5 Å². The topological polar surface area (TPSA) is 67.8 Å². The van der Waals surface area contributed by atoms with Gasteiger partial charge < -0.3 is 19.9 Å². The van der Waals surface area contributed by atoms with Gasteiger partial charge in [0.2, 0.25) is 0 Å². The summed E-state index contributed by atoms with van der Waals surface area (Å²) < 4.78 is 25.7. The monoisotopic (exact) mass is 323 g/mol. The molecule has 23 heavy (non-hydrogen) atoms. The summed E-state index contributed by atoms with van der Waals surface area (Å²) in [5, 5.41) is 12.1. The number of hydrogen-bond donors (Lipinski definition) is 2. The van der Waals surface area contributed by atoms with Crippen LogP contribution in [0.25, 0.3) is 0 Å². The molecule has 6 heteroatoms. The van der Waals surface area contributed by atoms with Crippen LogP contribution in [0.1, 0.15) is 31.2 Å². The van der Waals surface area contributed by atoms with Crippen LogP contribution in [0.5, 0.6) is 11.5 Å². The van der Waals surface area contributed by atoms with E-state index >= 15 is 0 Å². The Morgan fingerprint density at radius 3 is 2.65 bits per heavy atom. The highest BCUT2D eigenvalue weighted by molar-refractivity contribution is 5.70. The molecule has 2 N–H and O–H groups in total. The van der Waals surface area contributed by atoms with Gasteiger partial charge in [0.25, 0.3) is 0 Å². The summed E-state index contributed by atoms with van der Waals surface area (Å²) in [7, 11) is 0. The SMILES string of the molecule is O=C(O)C1CCC(F)(CNCc2ccc3c(c2)OCCO3)CC1. The third-order valence-corrected chi connectivity index (χ3v) is 4.61. The minimum Gasteiger partial charge on any atom is -0.486 e. The summed E-state index contributed by atoms with van der Waals surface area (Å²) in [4.78, 5) is 10.9. The van der Waals surface area contributed by atoms with Crippen LogP contribution in [0.4, 0.5) is 4.39 Å². The van der Waals surface area contributed by atoms with E-state index in [1.165, 1.54) is 0 Å². The Morgan fingerprint density at radius 2 is 1.96 bits per heavy atom. The van der Waals surface area contributed by atoms with Crippen molar-refractivity contribution in [2.45, 2.75) is 37.9 Å². The molecule has 0 atom stereocenters. The lowest BCUT2D eigenvalue weighted by Gasteiger charge is -2.32. The van der Waals surface area contributed by atoms with Crippen molar-refractivity contribution in [2.24, 2.45) is 5.92 Å². The molecule has 1 saturated carbocycles. The molecule has 0 radical (unpaired) electrons. The molecule has 0 unspecified atom stereocenters. The van der Waals surface area contributed by atoms with Gasteiger partial charge in [-0.2, -0.15) is 0 Å². The van der Waals surface area contributed by atoms with Crippen molar-refractivity contribution in [3.8, 4) is 11.5 Å². The lowest BCUT2D eigenvalue weighted by Crippen LogP contribution is -2.40. The number of ether oxygens (including phenoxy) is 2. The second-order valence-electron chi connectivity index (χ2n) is 6.34. The van der Waals surface area contributed by atoms with Gasteiger partial charge in [-0.1, -0.05) is 6.07 Å². The number of nitrogens with one attached hydrogen (secondary N) is 1. The van der Waals surface area contributed by atoms with Gasteiger partial charge in [-0.25, -0.2) is 4.39 Å². The summed E-state index contributed by atoms with van der Waals surface area (Å²) in [6, 6.07) is 5.72. The molecule has 3 rings (SSSR count). The van der Waals surface area contributed by atoms with Crippen molar-refractivity contribution < 1.29 is 23.8 Å². The number of halogens is 1. The van der Waals surface area contributed by atoms with Crippen LogP contribution >= 0.6 is 0 Å². The third-order valence-electron chi connectivity index (χ3n) is 4.61. The second kappa shape index (κ2) is 6.74. The molecule has 1 aliphatic carbocycles. The van der Waals surface area contributed by atoms with Gasteiger partial charge >= 0.3 is 5.97 Å². The van der Waals surface area contributed by atoms with E-state index in [2.05, 4.69) is 5.32 Å². The molecular formula is C17H22FNO4. The maximum atomic E-state index is 14.7. The van der Waals surface area contributed by atoms with Gasteiger partial charge in [-0.3, -0.25) is 4.79 Å². The van der Waals surface area contributed by atoms with Crippen LogP contribution in [-0.4, -0.2) is 36.5 Å². The fourth-order valence-electron chi connectivity index (χ4n) is 3.19. The Labute approximate surface area is 134 Å². The first-order valence-corrected chi connectivity index (χ1v) is 8.07. The van der Waals surface area contributed by atoms with Crippen LogP contribution in [-0.2, 0) is 11.3 Å². The van der Waals surface area contributed by atoms with E-state index < -0.39 is 17.6 Å². The summed E-state index contributed by atoms with van der Waals surface area (Å²) >= 11 is 0. The molecule has 1 aliphatic heterocycles. The first-order valence-electron chi connectivity index (χ1n) is 8.07. The molecule has 0 amide bonds. The molecule has 126 valence electrons. The number of benzene rings is 1. The second-order valence-corrected chi connectivity index (χ2v) is 6.34. The normalized spacial score (nSPS) is 26.7. The lowest BCUT2D eigenvalue weighted by atomic mass is 9.80. The Bertz CT molecular complexity index is 570. The van der Waals surface area contributed by atoms with Crippen molar-refractivity contribution >= 4 is 5.97 Å². The average Bonchev–Trinajstić information content (AvgIpc) is 2.55. The molecular weight excluding hydrogens is 301 g/mol. The number of carboxylic acid groups (broad SMARTS) is 1. The van der Waals surface area contributed by atoms with Gasteiger partial charge in [0.05, 0.1) is 5.92 Å². The minimum absolute atomic E-state index is 0.244. The Kier molecular flexibility index (Phi) is 4.71. The predicted molar refractivity (Wildman–Crippen MR) is 82.6 cm³/mol. The zero-order valence-electron chi connectivity index (χ0n) is 13.0. The number of aliphatic carboxylic acids is 1. The van der Waals surface area contributed by atoms with Gasteiger partial charge in [0, 0.05) is 13.1 Å². The fraction of sp³-hybridized carbons (Fsp3) is 0.588. The standard InChI is InChI=1S/C17H22FNO4/c18-17(5-3-13(4-6-17)16(20)21)11-19-10-12-1-2-14-15(9-12)23-8-7-22-14/h1-2,9,13,19H,3-8,10-11H2,(H,20,21). The van der Waals surface area contributed by atoms with Gasteiger partial charge in [-0.15, -0.1) is 0 Å². The molecule has 2 aliphatic rings. The lowest BCUT2D eigenvalue weighted by molar-refractivity contribution is -0.143. The van der Waals surface area contributed by atoms with Crippen molar-refractivity contribution in [2.75, 3.05) is 19.8 Å². The smallest absolute Gasteiger partial charge is 0.306 e. The van der Waals surface area contributed by atoms with E-state index in [9.17, 15) is 9.18 Å². The van der Waals surface area contributed by atoms with Crippen LogP contribution < -0.4 is 14.8 Å². The minimum atomic E-state index is -1.31. The number of carboxylic acids is 1. The van der Waals surface area contributed by atoms with Crippen molar-refractivity contribution in [1.29, 1.82) is 0 Å². The van der Waals surface area contributed by atoms with E-state index in [1.807, 2.05) is 18.2 Å². The van der Waals surface area contributed by atoms with E-state index in [1.54, 1.807) is 0 Å². The first-order chi connectivity index (χ1) is 11.1. The summed E-state index contributed by atoms with van der Waals surface area (Å²) in [5.41, 5.74) is -0.295. The van der Waals surface area contributed by atoms with Crippen molar-refractivity contribution in [3.05, 3.63) is 23.8 Å². The molecule has 1 heterocycles. The van der Waals surface area contributed by atoms with Crippen molar-refractivity contribution in [1.82, 2.24) is 5.32 Å². The average molecular weight is 323 g/mol. The third kappa shape index (κ3) is 3.93. The molecule has 0 saturated heterocycles. The maximum absolute atomic E-state index is 14.7. The largest absolute Gasteiger partial charge is 0.486 e. The highest BCUT2D eigenvalue weighted by Crippen LogP contribution is 2.35. The maximum Gasteiger partial charge on any atom is 0.306 e. The molecule has 0 spiro atoms. The summed E-state index contributed by atoms with van der Waals surface area (Å²) in [6.45, 7) is 1.90. The Balaban J connectivity index is 1.49. The van der Waals surface area contributed by atoms with E-state index in [-0.39, 0.29) is 6.54 Å². The van der Waals surface area contributed by atoms with Crippen LogP contribution in [0.3, 0.4) is 0 Å². The molecule has 0 bridgehead atoms. The zero-order valence-corrected chi connectivity index (χ0v) is 13.0. The number of fused-ring (bicyclic) bond motifs is 1. The van der Waals surface area contributed by atoms with Gasteiger partial charge in [0.1, 0.15) is 18.9 Å². The number of carbonyl (C=O) groups is 1. The summed E-state index contributed by atoms with van der Waals surface area (Å²) in [5.74, 6) is 0.273. The quantitative estimate of drug-likeness (QED) is 0.871. The van der Waals surface area contributed by atoms with Crippen molar-refractivity contribution in [3.63, 3.8) is 0 Å². The highest BCUT2D eigenvalue weighted by atomic mass is 19.1. The zero-order chi connectivity index (χ0) is 16.3. The fourth-order valence-corrected chi connectivity index (χ4v) is 3.19. The van der Waals surface area contributed by atoms with Gasteiger partial charge in [-0.05, 0) is 43.4 Å². The number of hydrogen-bond acceptors (Lipinski definition) is 4. The van der Waals surface area contributed by atoms with Crippen LogP contribution in [0, 0.1) is 5.92 Å². The highest BCUT2D eigenvalue weighted by Gasteiger charge is 2.37. The summed E-state index contributed by atoms with van der Waals surface area (Å²) in [6.07, 6.45) is 1.44. The Morgan fingerprint density at radius 1 is 1.26 bits per heavy atom. The van der Waals surface area contributed by atoms with E-state index in [0.717, 1.165) is 17.1 Å². The predicted octanol–water partition coefficient (Wildman–Crippen LogP) is 2.53. The first kappa shape index (κ1) is 16.1. The molecule has 1 aromatic rings.